The highest BCUT2D eigenvalue weighted by Crippen LogP contribution is 2.37. The van der Waals surface area contributed by atoms with Gasteiger partial charge in [0, 0.05) is 0 Å². The Morgan fingerprint density at radius 3 is 2.60 bits per heavy atom. The number of aliphatic hydroxyl groups is 1. The summed E-state index contributed by atoms with van der Waals surface area (Å²) in [7, 11) is 3.18. The molecule has 0 saturated carbocycles. The molecule has 1 rings (SSSR count). The van der Waals surface area contributed by atoms with E-state index in [0.717, 1.165) is 10.0 Å². The van der Waals surface area contributed by atoms with Gasteiger partial charge in [0.1, 0.15) is 0 Å². The third-order valence-corrected chi connectivity index (χ3v) is 2.74. The van der Waals surface area contributed by atoms with Crippen LogP contribution in [-0.4, -0.2) is 25.9 Å². The number of aliphatic hydroxyl groups excluding tert-OH is 1. The van der Waals surface area contributed by atoms with Gasteiger partial charge in [0.2, 0.25) is 0 Å². The zero-order valence-electron chi connectivity index (χ0n) is 8.66. The minimum absolute atomic E-state index is 0.0147. The normalized spacial score (nSPS) is 10.7. The number of hydrogen-bond acceptors (Lipinski definition) is 3. The van der Waals surface area contributed by atoms with Gasteiger partial charge >= 0.3 is 0 Å². The molecular weight excluding hydrogens is 260 g/mol. The van der Waals surface area contributed by atoms with Gasteiger partial charge in [0.25, 0.3) is 0 Å². The summed E-state index contributed by atoms with van der Waals surface area (Å²) in [5.74, 6) is 1.32. The van der Waals surface area contributed by atoms with Crippen molar-refractivity contribution in [3.8, 4) is 11.5 Å². The van der Waals surface area contributed by atoms with E-state index in [9.17, 15) is 0 Å². The lowest BCUT2D eigenvalue weighted by Gasteiger charge is -2.10. The van der Waals surface area contributed by atoms with Crippen molar-refractivity contribution in [2.75, 3.05) is 20.8 Å². The summed E-state index contributed by atoms with van der Waals surface area (Å²) in [4.78, 5) is 0. The van der Waals surface area contributed by atoms with Gasteiger partial charge in [-0.25, -0.2) is 0 Å². The monoisotopic (exact) mass is 272 g/mol. The molecule has 0 amide bonds. The van der Waals surface area contributed by atoms with Gasteiger partial charge in [-0.15, -0.1) is 0 Å². The van der Waals surface area contributed by atoms with Crippen LogP contribution >= 0.6 is 15.9 Å². The molecule has 15 heavy (non-hydrogen) atoms. The molecular formula is C11H13BrO3. The molecule has 0 radical (unpaired) electrons. The van der Waals surface area contributed by atoms with Crippen LogP contribution in [0.25, 0.3) is 6.08 Å². The lowest BCUT2D eigenvalue weighted by Crippen LogP contribution is -1.92. The van der Waals surface area contributed by atoms with Crippen molar-refractivity contribution in [1.82, 2.24) is 0 Å². The van der Waals surface area contributed by atoms with E-state index < -0.39 is 0 Å². The van der Waals surface area contributed by atoms with Gasteiger partial charge in [-0.1, -0.05) is 12.2 Å². The Kier molecular flexibility index (Phi) is 4.65. The predicted octanol–water partition coefficient (Wildman–Crippen LogP) is 2.47. The van der Waals surface area contributed by atoms with Crippen LogP contribution < -0.4 is 9.47 Å². The summed E-state index contributed by atoms with van der Waals surface area (Å²) in [6.07, 6.45) is 3.47. The van der Waals surface area contributed by atoms with E-state index in [2.05, 4.69) is 15.9 Å². The smallest absolute Gasteiger partial charge is 0.175 e. The predicted molar refractivity (Wildman–Crippen MR) is 63.4 cm³/mol. The number of ether oxygens (including phenoxy) is 2. The second-order valence-electron chi connectivity index (χ2n) is 2.79. The average molecular weight is 273 g/mol. The quantitative estimate of drug-likeness (QED) is 0.915. The molecule has 0 aliphatic carbocycles. The van der Waals surface area contributed by atoms with E-state index in [1.54, 1.807) is 20.3 Å². The van der Waals surface area contributed by atoms with E-state index in [-0.39, 0.29) is 6.61 Å². The molecule has 0 bridgehead atoms. The fraction of sp³-hybridized carbons (Fsp3) is 0.273. The standard InChI is InChI=1S/C11H13BrO3/c1-14-9-6-5-8(4-3-7-13)10(12)11(9)15-2/h3-6,13H,7H2,1-2H3/b4-3+. The molecule has 0 unspecified atom stereocenters. The Bertz CT molecular complexity index is 361. The number of benzene rings is 1. The highest BCUT2D eigenvalue weighted by molar-refractivity contribution is 9.10. The van der Waals surface area contributed by atoms with Crippen LogP contribution in [0, 0.1) is 0 Å². The lowest BCUT2D eigenvalue weighted by atomic mass is 10.2. The van der Waals surface area contributed by atoms with Gasteiger partial charge < -0.3 is 14.6 Å². The summed E-state index contributed by atoms with van der Waals surface area (Å²) in [6.45, 7) is 0.0147. The van der Waals surface area contributed by atoms with Crippen LogP contribution in [0.15, 0.2) is 22.7 Å². The summed E-state index contributed by atoms with van der Waals surface area (Å²) >= 11 is 3.43. The Hall–Kier alpha value is -1.00. The van der Waals surface area contributed by atoms with Crippen molar-refractivity contribution in [3.05, 3.63) is 28.2 Å². The van der Waals surface area contributed by atoms with Crippen molar-refractivity contribution in [2.45, 2.75) is 0 Å². The van der Waals surface area contributed by atoms with Crippen LogP contribution in [0.5, 0.6) is 11.5 Å². The van der Waals surface area contributed by atoms with Crippen LogP contribution in [0.1, 0.15) is 5.56 Å². The van der Waals surface area contributed by atoms with E-state index in [1.807, 2.05) is 18.2 Å². The van der Waals surface area contributed by atoms with E-state index in [0.29, 0.717) is 11.5 Å². The molecule has 82 valence electrons. The highest BCUT2D eigenvalue weighted by Gasteiger charge is 2.10. The van der Waals surface area contributed by atoms with Crippen LogP contribution in [0.4, 0.5) is 0 Å². The zero-order chi connectivity index (χ0) is 11.3. The average Bonchev–Trinajstić information content (AvgIpc) is 2.27. The van der Waals surface area contributed by atoms with E-state index in [4.69, 9.17) is 14.6 Å². The van der Waals surface area contributed by atoms with Gasteiger partial charge in [-0.3, -0.25) is 0 Å². The molecule has 0 atom stereocenters. The van der Waals surface area contributed by atoms with Crippen molar-refractivity contribution >= 4 is 22.0 Å². The molecule has 0 aliphatic rings. The molecule has 0 aliphatic heterocycles. The minimum Gasteiger partial charge on any atom is -0.493 e. The van der Waals surface area contributed by atoms with Crippen molar-refractivity contribution in [3.63, 3.8) is 0 Å². The molecule has 1 aromatic rings. The highest BCUT2D eigenvalue weighted by atomic mass is 79.9. The fourth-order valence-electron chi connectivity index (χ4n) is 1.21. The van der Waals surface area contributed by atoms with Gasteiger partial charge in [0.05, 0.1) is 25.3 Å². The van der Waals surface area contributed by atoms with Gasteiger partial charge in [-0.05, 0) is 33.6 Å². The number of methoxy groups -OCH3 is 2. The molecule has 0 spiro atoms. The SMILES string of the molecule is COc1ccc(/C=C/CO)c(Br)c1OC. The first-order chi connectivity index (χ1) is 7.24. The van der Waals surface area contributed by atoms with Crippen LogP contribution in [0.3, 0.4) is 0 Å². The third-order valence-electron chi connectivity index (χ3n) is 1.92. The minimum atomic E-state index is 0.0147. The maximum atomic E-state index is 8.69. The molecule has 0 heterocycles. The number of hydrogen-bond donors (Lipinski definition) is 1. The molecule has 3 nitrogen and oxygen atoms in total. The summed E-state index contributed by atoms with van der Waals surface area (Å²) in [5, 5.41) is 8.69. The maximum absolute atomic E-state index is 8.69. The molecule has 4 heteroatoms. The summed E-state index contributed by atoms with van der Waals surface area (Å²) < 4.78 is 11.2. The largest absolute Gasteiger partial charge is 0.493 e. The van der Waals surface area contributed by atoms with Crippen molar-refractivity contribution in [2.24, 2.45) is 0 Å². The fourth-order valence-corrected chi connectivity index (χ4v) is 1.83. The van der Waals surface area contributed by atoms with E-state index in [1.165, 1.54) is 0 Å². The first-order valence-corrected chi connectivity index (χ1v) is 5.21. The van der Waals surface area contributed by atoms with Crippen molar-refractivity contribution < 1.29 is 14.6 Å². The second-order valence-corrected chi connectivity index (χ2v) is 3.58. The van der Waals surface area contributed by atoms with Crippen LogP contribution in [-0.2, 0) is 0 Å². The maximum Gasteiger partial charge on any atom is 0.175 e. The van der Waals surface area contributed by atoms with Crippen molar-refractivity contribution in [1.29, 1.82) is 0 Å². The van der Waals surface area contributed by atoms with Gasteiger partial charge in [-0.2, -0.15) is 0 Å². The van der Waals surface area contributed by atoms with Gasteiger partial charge in [0.15, 0.2) is 11.5 Å². The molecule has 1 aromatic carbocycles. The first kappa shape index (κ1) is 12.1. The first-order valence-electron chi connectivity index (χ1n) is 4.42. The summed E-state index contributed by atoms with van der Waals surface area (Å²) in [5.41, 5.74) is 0.932. The molecule has 0 fully saturated rings. The second kappa shape index (κ2) is 5.78. The Labute approximate surface area is 97.5 Å². The Morgan fingerprint density at radius 1 is 1.33 bits per heavy atom. The summed E-state index contributed by atoms with van der Waals surface area (Å²) in [6, 6.07) is 3.71. The third kappa shape index (κ3) is 2.73. The topological polar surface area (TPSA) is 38.7 Å². The van der Waals surface area contributed by atoms with E-state index >= 15 is 0 Å². The lowest BCUT2D eigenvalue weighted by molar-refractivity contribution is 0.343. The Balaban J connectivity index is 3.17. The number of rotatable bonds is 4. The molecule has 0 aromatic heterocycles. The zero-order valence-corrected chi connectivity index (χ0v) is 10.2. The Morgan fingerprint density at radius 2 is 2.07 bits per heavy atom. The molecule has 1 N–H and O–H groups in total. The number of halogens is 1. The molecule has 0 saturated heterocycles. The van der Waals surface area contributed by atoms with Crippen LogP contribution in [0.2, 0.25) is 0 Å².